The van der Waals surface area contributed by atoms with E-state index in [1.165, 1.54) is 12.8 Å². The minimum Gasteiger partial charge on any atom is -0.465 e. The molecule has 0 spiro atoms. The van der Waals surface area contributed by atoms with Gasteiger partial charge in [-0.25, -0.2) is 0 Å². The molecule has 0 saturated heterocycles. The number of carbonyl (C=O) groups is 1. The molecule has 17 heavy (non-hydrogen) atoms. The standard InChI is InChI=1S/C13H25NO3/c1-5-16-12(15)10-14(11-6-7-11)8-9-17-13(2,3)4/h11H,5-10H2,1-4H3. The van der Waals surface area contributed by atoms with Crippen molar-refractivity contribution in [2.24, 2.45) is 0 Å². The Kier molecular flexibility index (Phi) is 5.40. The third-order valence-corrected chi connectivity index (χ3v) is 2.61. The summed E-state index contributed by atoms with van der Waals surface area (Å²) in [7, 11) is 0. The van der Waals surface area contributed by atoms with Gasteiger partial charge in [-0.05, 0) is 40.5 Å². The predicted octanol–water partition coefficient (Wildman–Crippen LogP) is 1.83. The SMILES string of the molecule is CCOC(=O)CN(CCOC(C)(C)C)C1CC1. The van der Waals surface area contributed by atoms with Crippen LogP contribution in [0.15, 0.2) is 0 Å². The molecule has 0 aromatic carbocycles. The van der Waals surface area contributed by atoms with Crippen molar-refractivity contribution in [2.45, 2.75) is 52.2 Å². The Bertz CT molecular complexity index is 244. The molecule has 0 amide bonds. The highest BCUT2D eigenvalue weighted by atomic mass is 16.5. The number of esters is 1. The predicted molar refractivity (Wildman–Crippen MR) is 66.9 cm³/mol. The second kappa shape index (κ2) is 6.36. The fourth-order valence-electron chi connectivity index (χ4n) is 1.67. The summed E-state index contributed by atoms with van der Waals surface area (Å²) in [6.07, 6.45) is 2.38. The molecule has 0 aliphatic heterocycles. The Morgan fingerprint density at radius 1 is 1.35 bits per heavy atom. The second-order valence-corrected chi connectivity index (χ2v) is 5.47. The van der Waals surface area contributed by atoms with E-state index in [1.54, 1.807) is 0 Å². The molecule has 0 bridgehead atoms. The molecule has 1 aliphatic carbocycles. The number of hydrogen-bond donors (Lipinski definition) is 0. The first-order valence-corrected chi connectivity index (χ1v) is 6.46. The van der Waals surface area contributed by atoms with E-state index in [0.717, 1.165) is 6.54 Å². The molecule has 1 aliphatic rings. The number of nitrogens with zero attached hydrogens (tertiary/aromatic N) is 1. The average Bonchev–Trinajstić information content (AvgIpc) is 2.97. The Morgan fingerprint density at radius 3 is 2.47 bits per heavy atom. The first-order chi connectivity index (χ1) is 7.92. The maximum Gasteiger partial charge on any atom is 0.320 e. The van der Waals surface area contributed by atoms with Gasteiger partial charge in [-0.2, -0.15) is 0 Å². The van der Waals surface area contributed by atoms with Crippen molar-refractivity contribution in [2.75, 3.05) is 26.3 Å². The summed E-state index contributed by atoms with van der Waals surface area (Å²) in [4.78, 5) is 13.6. The van der Waals surface area contributed by atoms with Crippen molar-refractivity contribution >= 4 is 5.97 Å². The third kappa shape index (κ3) is 6.64. The first-order valence-electron chi connectivity index (χ1n) is 6.46. The van der Waals surface area contributed by atoms with Crippen LogP contribution in [0.1, 0.15) is 40.5 Å². The Morgan fingerprint density at radius 2 is 2.00 bits per heavy atom. The summed E-state index contributed by atoms with van der Waals surface area (Å²) in [6, 6.07) is 0.558. The van der Waals surface area contributed by atoms with E-state index in [-0.39, 0.29) is 11.6 Å². The molecule has 1 fully saturated rings. The fraction of sp³-hybridized carbons (Fsp3) is 0.923. The van der Waals surface area contributed by atoms with Gasteiger partial charge in [0.2, 0.25) is 0 Å². The lowest BCUT2D eigenvalue weighted by Gasteiger charge is -2.24. The average molecular weight is 243 g/mol. The topological polar surface area (TPSA) is 38.8 Å². The first kappa shape index (κ1) is 14.5. The van der Waals surface area contributed by atoms with Gasteiger partial charge in [0, 0.05) is 12.6 Å². The molecule has 0 aromatic rings. The summed E-state index contributed by atoms with van der Waals surface area (Å²) < 4.78 is 10.7. The van der Waals surface area contributed by atoms with Crippen molar-refractivity contribution in [3.63, 3.8) is 0 Å². The lowest BCUT2D eigenvalue weighted by molar-refractivity contribution is -0.144. The smallest absolute Gasteiger partial charge is 0.320 e. The van der Waals surface area contributed by atoms with Crippen LogP contribution in [0.4, 0.5) is 0 Å². The van der Waals surface area contributed by atoms with Crippen LogP contribution in [0, 0.1) is 0 Å². The van der Waals surface area contributed by atoms with Gasteiger partial charge in [-0.3, -0.25) is 9.69 Å². The van der Waals surface area contributed by atoms with Crippen molar-refractivity contribution in [1.29, 1.82) is 0 Å². The Hall–Kier alpha value is -0.610. The summed E-state index contributed by atoms with van der Waals surface area (Å²) in [5.41, 5.74) is -0.112. The highest BCUT2D eigenvalue weighted by Gasteiger charge is 2.30. The molecule has 100 valence electrons. The maximum absolute atomic E-state index is 11.4. The summed E-state index contributed by atoms with van der Waals surface area (Å²) in [6.45, 7) is 10.3. The van der Waals surface area contributed by atoms with E-state index in [0.29, 0.717) is 25.8 Å². The van der Waals surface area contributed by atoms with E-state index in [9.17, 15) is 4.79 Å². The highest BCUT2D eigenvalue weighted by Crippen LogP contribution is 2.26. The van der Waals surface area contributed by atoms with Crippen LogP contribution in [0.5, 0.6) is 0 Å². The third-order valence-electron chi connectivity index (χ3n) is 2.61. The number of carbonyl (C=O) groups excluding carboxylic acids is 1. The molecule has 1 rings (SSSR count). The zero-order chi connectivity index (χ0) is 12.9. The monoisotopic (exact) mass is 243 g/mol. The molecular formula is C13H25NO3. The van der Waals surface area contributed by atoms with Crippen LogP contribution in [-0.4, -0.2) is 48.8 Å². The highest BCUT2D eigenvalue weighted by molar-refractivity contribution is 5.71. The Labute approximate surface area is 104 Å². The van der Waals surface area contributed by atoms with Gasteiger partial charge in [-0.1, -0.05) is 0 Å². The minimum atomic E-state index is -0.129. The zero-order valence-corrected chi connectivity index (χ0v) is 11.5. The molecule has 0 atom stereocenters. The molecule has 0 aromatic heterocycles. The molecule has 0 unspecified atom stereocenters. The van der Waals surface area contributed by atoms with Crippen molar-refractivity contribution in [3.8, 4) is 0 Å². The lowest BCUT2D eigenvalue weighted by Crippen LogP contribution is -2.37. The van der Waals surface area contributed by atoms with Gasteiger partial charge in [0.05, 0.1) is 25.4 Å². The van der Waals surface area contributed by atoms with E-state index in [4.69, 9.17) is 9.47 Å². The molecule has 0 radical (unpaired) electrons. The fourth-order valence-corrected chi connectivity index (χ4v) is 1.67. The van der Waals surface area contributed by atoms with E-state index in [2.05, 4.69) is 4.90 Å². The van der Waals surface area contributed by atoms with E-state index < -0.39 is 0 Å². The van der Waals surface area contributed by atoms with Gasteiger partial charge >= 0.3 is 5.97 Å². The molecule has 4 heteroatoms. The quantitative estimate of drug-likeness (QED) is 0.639. The number of rotatable bonds is 7. The van der Waals surface area contributed by atoms with Gasteiger partial charge in [0.15, 0.2) is 0 Å². The molecule has 0 N–H and O–H groups in total. The van der Waals surface area contributed by atoms with Gasteiger partial charge in [0.1, 0.15) is 0 Å². The summed E-state index contributed by atoms with van der Waals surface area (Å²) in [5.74, 6) is -0.129. The van der Waals surface area contributed by atoms with Crippen LogP contribution in [-0.2, 0) is 14.3 Å². The molecule has 1 saturated carbocycles. The van der Waals surface area contributed by atoms with Crippen LogP contribution in [0.3, 0.4) is 0 Å². The van der Waals surface area contributed by atoms with Crippen molar-refractivity contribution < 1.29 is 14.3 Å². The van der Waals surface area contributed by atoms with Crippen LogP contribution >= 0.6 is 0 Å². The second-order valence-electron chi connectivity index (χ2n) is 5.47. The van der Waals surface area contributed by atoms with Crippen LogP contribution in [0.2, 0.25) is 0 Å². The molecule has 4 nitrogen and oxygen atoms in total. The number of hydrogen-bond acceptors (Lipinski definition) is 4. The van der Waals surface area contributed by atoms with Crippen LogP contribution < -0.4 is 0 Å². The maximum atomic E-state index is 11.4. The van der Waals surface area contributed by atoms with Gasteiger partial charge in [-0.15, -0.1) is 0 Å². The molecular weight excluding hydrogens is 218 g/mol. The largest absolute Gasteiger partial charge is 0.465 e. The van der Waals surface area contributed by atoms with Crippen molar-refractivity contribution in [1.82, 2.24) is 4.90 Å². The summed E-state index contributed by atoms with van der Waals surface area (Å²) in [5, 5.41) is 0. The van der Waals surface area contributed by atoms with Crippen molar-refractivity contribution in [3.05, 3.63) is 0 Å². The summed E-state index contributed by atoms with van der Waals surface area (Å²) >= 11 is 0. The normalized spacial score (nSPS) is 16.3. The van der Waals surface area contributed by atoms with E-state index in [1.807, 2.05) is 27.7 Å². The Balaban J connectivity index is 2.26. The molecule has 0 heterocycles. The zero-order valence-electron chi connectivity index (χ0n) is 11.5. The number of ether oxygens (including phenoxy) is 2. The van der Waals surface area contributed by atoms with Crippen LogP contribution in [0.25, 0.3) is 0 Å². The van der Waals surface area contributed by atoms with E-state index >= 15 is 0 Å². The van der Waals surface area contributed by atoms with Gasteiger partial charge in [0.25, 0.3) is 0 Å². The lowest BCUT2D eigenvalue weighted by atomic mass is 10.2. The minimum absolute atomic E-state index is 0.112. The van der Waals surface area contributed by atoms with Gasteiger partial charge < -0.3 is 9.47 Å².